The number of rotatable bonds is 3. The Hall–Kier alpha value is -1.68. The molecule has 0 aliphatic carbocycles. The lowest BCUT2D eigenvalue weighted by molar-refractivity contribution is 0.393. The highest BCUT2D eigenvalue weighted by atomic mass is 15.1. The van der Waals surface area contributed by atoms with Crippen molar-refractivity contribution in [3.8, 4) is 11.4 Å². The van der Waals surface area contributed by atoms with Gasteiger partial charge in [-0.2, -0.15) is 5.10 Å². The highest BCUT2D eigenvalue weighted by Crippen LogP contribution is 2.21. The number of aryl methyl sites for hydroxylation is 1. The van der Waals surface area contributed by atoms with Crippen molar-refractivity contribution in [3.63, 3.8) is 0 Å². The zero-order valence-electron chi connectivity index (χ0n) is 11.6. The minimum atomic E-state index is 0.744. The molecule has 0 spiro atoms. The Morgan fingerprint density at radius 3 is 2.95 bits per heavy atom. The summed E-state index contributed by atoms with van der Waals surface area (Å²) < 4.78 is 0. The fourth-order valence-corrected chi connectivity index (χ4v) is 2.77. The number of hydrogen-bond acceptors (Lipinski definition) is 3. The standard InChI is InChI=1S/C15H20N4/c1-11-8-15(18-17-11)14-5-3-4-13(16-14)9-12-6-7-19(2)10-12/h3-5,8,12H,6-7,9-10H2,1-2H3,(H,17,18)/t12-/m1/s1. The number of pyridine rings is 1. The summed E-state index contributed by atoms with van der Waals surface area (Å²) in [5.74, 6) is 0.744. The fourth-order valence-electron chi connectivity index (χ4n) is 2.77. The van der Waals surface area contributed by atoms with Crippen molar-refractivity contribution in [2.45, 2.75) is 19.8 Å². The summed E-state index contributed by atoms with van der Waals surface area (Å²) in [6.45, 7) is 4.41. The van der Waals surface area contributed by atoms with Gasteiger partial charge < -0.3 is 4.90 Å². The van der Waals surface area contributed by atoms with Gasteiger partial charge in [0.1, 0.15) is 5.69 Å². The molecule has 0 bridgehead atoms. The molecular weight excluding hydrogens is 236 g/mol. The lowest BCUT2D eigenvalue weighted by Gasteiger charge is -2.10. The Labute approximate surface area is 113 Å². The van der Waals surface area contributed by atoms with Gasteiger partial charge in [0, 0.05) is 17.9 Å². The van der Waals surface area contributed by atoms with Crippen LogP contribution in [0.3, 0.4) is 0 Å². The first-order chi connectivity index (χ1) is 9.20. The molecule has 1 atom stereocenters. The largest absolute Gasteiger partial charge is 0.306 e. The van der Waals surface area contributed by atoms with Crippen molar-refractivity contribution in [2.75, 3.05) is 20.1 Å². The lowest BCUT2D eigenvalue weighted by atomic mass is 10.0. The van der Waals surface area contributed by atoms with E-state index >= 15 is 0 Å². The smallest absolute Gasteiger partial charge is 0.111 e. The highest BCUT2D eigenvalue weighted by molar-refractivity contribution is 5.54. The average Bonchev–Trinajstić information content (AvgIpc) is 2.99. The van der Waals surface area contributed by atoms with E-state index in [9.17, 15) is 0 Å². The summed E-state index contributed by atoms with van der Waals surface area (Å²) >= 11 is 0. The zero-order valence-corrected chi connectivity index (χ0v) is 11.6. The lowest BCUT2D eigenvalue weighted by Crippen LogP contribution is -2.15. The van der Waals surface area contributed by atoms with Gasteiger partial charge in [0.25, 0.3) is 0 Å². The van der Waals surface area contributed by atoms with Gasteiger partial charge in [-0.25, -0.2) is 0 Å². The maximum absolute atomic E-state index is 4.74. The normalized spacial score (nSPS) is 20.0. The number of aromatic nitrogens is 3. The quantitative estimate of drug-likeness (QED) is 0.916. The van der Waals surface area contributed by atoms with Crippen molar-refractivity contribution in [3.05, 3.63) is 35.7 Å². The van der Waals surface area contributed by atoms with Crippen LogP contribution in [0.5, 0.6) is 0 Å². The number of H-pyrrole nitrogens is 1. The van der Waals surface area contributed by atoms with Crippen LogP contribution in [0.15, 0.2) is 24.3 Å². The summed E-state index contributed by atoms with van der Waals surface area (Å²) in [5.41, 5.74) is 4.15. The monoisotopic (exact) mass is 256 g/mol. The number of nitrogens with one attached hydrogen (secondary N) is 1. The number of hydrogen-bond donors (Lipinski definition) is 1. The Balaban J connectivity index is 1.76. The first kappa shape index (κ1) is 12.4. The molecule has 1 N–H and O–H groups in total. The summed E-state index contributed by atoms with van der Waals surface area (Å²) in [6, 6.07) is 8.27. The Morgan fingerprint density at radius 1 is 1.37 bits per heavy atom. The Kier molecular flexibility index (Phi) is 3.34. The predicted molar refractivity (Wildman–Crippen MR) is 75.9 cm³/mol. The third kappa shape index (κ3) is 2.84. The molecule has 1 aliphatic heterocycles. The number of nitrogens with zero attached hydrogens (tertiary/aromatic N) is 3. The van der Waals surface area contributed by atoms with Crippen LogP contribution >= 0.6 is 0 Å². The van der Waals surface area contributed by atoms with Gasteiger partial charge in [0.15, 0.2) is 0 Å². The van der Waals surface area contributed by atoms with Crippen molar-refractivity contribution < 1.29 is 0 Å². The molecule has 3 rings (SSSR count). The van der Waals surface area contributed by atoms with Gasteiger partial charge in [0.05, 0.1) is 5.69 Å². The van der Waals surface area contributed by atoms with E-state index in [4.69, 9.17) is 4.98 Å². The van der Waals surface area contributed by atoms with Gasteiger partial charge in [-0.3, -0.25) is 10.1 Å². The van der Waals surface area contributed by atoms with E-state index in [-0.39, 0.29) is 0 Å². The van der Waals surface area contributed by atoms with Crippen LogP contribution < -0.4 is 0 Å². The molecule has 100 valence electrons. The van der Waals surface area contributed by atoms with E-state index in [1.807, 2.05) is 19.1 Å². The molecule has 2 aromatic heterocycles. The molecule has 2 aromatic rings. The SMILES string of the molecule is Cc1cc(-c2cccc(C[C@H]3CCN(C)C3)n2)n[nH]1. The molecule has 1 aliphatic rings. The summed E-state index contributed by atoms with van der Waals surface area (Å²) in [6.07, 6.45) is 2.35. The fraction of sp³-hybridized carbons (Fsp3) is 0.467. The number of aromatic amines is 1. The van der Waals surface area contributed by atoms with Crippen LogP contribution in [-0.2, 0) is 6.42 Å². The summed E-state index contributed by atoms with van der Waals surface area (Å²) in [7, 11) is 2.19. The third-order valence-corrected chi connectivity index (χ3v) is 3.76. The second-order valence-corrected chi connectivity index (χ2v) is 5.57. The van der Waals surface area contributed by atoms with Crippen molar-refractivity contribution in [1.82, 2.24) is 20.1 Å². The molecule has 4 heteroatoms. The zero-order chi connectivity index (χ0) is 13.2. The van der Waals surface area contributed by atoms with E-state index in [2.05, 4.69) is 34.3 Å². The first-order valence-electron chi connectivity index (χ1n) is 6.87. The van der Waals surface area contributed by atoms with Crippen LogP contribution in [0.1, 0.15) is 17.8 Å². The molecule has 1 fully saturated rings. The number of likely N-dealkylation sites (tertiary alicyclic amines) is 1. The topological polar surface area (TPSA) is 44.8 Å². The second-order valence-electron chi connectivity index (χ2n) is 5.57. The molecule has 0 saturated carbocycles. The molecule has 19 heavy (non-hydrogen) atoms. The van der Waals surface area contributed by atoms with Crippen molar-refractivity contribution in [1.29, 1.82) is 0 Å². The van der Waals surface area contributed by atoms with E-state index in [1.54, 1.807) is 0 Å². The molecule has 3 heterocycles. The van der Waals surface area contributed by atoms with Crippen LogP contribution in [0.2, 0.25) is 0 Å². The molecule has 0 unspecified atom stereocenters. The van der Waals surface area contributed by atoms with Crippen LogP contribution in [0.25, 0.3) is 11.4 Å². The highest BCUT2D eigenvalue weighted by Gasteiger charge is 2.20. The van der Waals surface area contributed by atoms with Crippen molar-refractivity contribution in [2.24, 2.45) is 5.92 Å². The van der Waals surface area contributed by atoms with Gasteiger partial charge in [0.2, 0.25) is 0 Å². The average molecular weight is 256 g/mol. The van der Waals surface area contributed by atoms with E-state index in [0.29, 0.717) is 0 Å². The van der Waals surface area contributed by atoms with Gasteiger partial charge in [-0.1, -0.05) is 6.07 Å². The molecule has 4 nitrogen and oxygen atoms in total. The first-order valence-corrected chi connectivity index (χ1v) is 6.87. The van der Waals surface area contributed by atoms with Crippen LogP contribution in [-0.4, -0.2) is 40.2 Å². The maximum atomic E-state index is 4.74. The third-order valence-electron chi connectivity index (χ3n) is 3.76. The Morgan fingerprint density at radius 2 is 2.26 bits per heavy atom. The van der Waals surface area contributed by atoms with Gasteiger partial charge in [-0.05, 0) is 57.5 Å². The Bertz CT molecular complexity index is 561. The summed E-state index contributed by atoms with van der Waals surface area (Å²) in [4.78, 5) is 7.14. The second kappa shape index (κ2) is 5.13. The van der Waals surface area contributed by atoms with Crippen LogP contribution in [0.4, 0.5) is 0 Å². The molecular formula is C15H20N4. The van der Waals surface area contributed by atoms with Gasteiger partial charge in [-0.15, -0.1) is 0 Å². The maximum Gasteiger partial charge on any atom is 0.111 e. The van der Waals surface area contributed by atoms with Crippen LogP contribution in [0, 0.1) is 12.8 Å². The van der Waals surface area contributed by atoms with E-state index in [1.165, 1.54) is 25.2 Å². The molecule has 1 saturated heterocycles. The molecule has 0 amide bonds. The van der Waals surface area contributed by atoms with Crippen molar-refractivity contribution >= 4 is 0 Å². The minimum absolute atomic E-state index is 0.744. The minimum Gasteiger partial charge on any atom is -0.306 e. The predicted octanol–water partition coefficient (Wildman–Crippen LogP) is 2.27. The molecule has 0 aromatic carbocycles. The van der Waals surface area contributed by atoms with Gasteiger partial charge >= 0.3 is 0 Å². The van der Waals surface area contributed by atoms with E-state index in [0.717, 1.165) is 29.4 Å². The summed E-state index contributed by atoms with van der Waals surface area (Å²) in [5, 5.41) is 7.24. The molecule has 0 radical (unpaired) electrons. The van der Waals surface area contributed by atoms with E-state index < -0.39 is 0 Å².